The summed E-state index contributed by atoms with van der Waals surface area (Å²) in [6.45, 7) is 0. The van der Waals surface area contributed by atoms with Crippen molar-refractivity contribution in [1.29, 1.82) is 0 Å². The molecule has 0 amide bonds. The van der Waals surface area contributed by atoms with Gasteiger partial charge in [0.25, 0.3) is 0 Å². The molecule has 0 aliphatic heterocycles. The summed E-state index contributed by atoms with van der Waals surface area (Å²) in [6.07, 6.45) is 8.52. The lowest BCUT2D eigenvalue weighted by Gasteiger charge is -2.15. The van der Waals surface area contributed by atoms with Crippen molar-refractivity contribution in [3.8, 4) is 50.7 Å². The van der Waals surface area contributed by atoms with E-state index in [1.807, 2.05) is 24.3 Å². The summed E-state index contributed by atoms with van der Waals surface area (Å²) in [6, 6.07) is 57.6. The summed E-state index contributed by atoms with van der Waals surface area (Å²) in [5.41, 5.74) is 12.3. The van der Waals surface area contributed by atoms with E-state index >= 15 is 0 Å². The Bertz CT molecular complexity index is 3190. The molecule has 0 fully saturated rings. The quantitative estimate of drug-likeness (QED) is 0.172. The lowest BCUT2D eigenvalue weighted by atomic mass is 9.96. The molecule has 1 aliphatic rings. The van der Waals surface area contributed by atoms with Gasteiger partial charge in [0.1, 0.15) is 5.58 Å². The van der Waals surface area contributed by atoms with E-state index in [0.717, 1.165) is 95.8 Å². The van der Waals surface area contributed by atoms with E-state index in [-0.39, 0.29) is 0 Å². The molecule has 5 heteroatoms. The van der Waals surface area contributed by atoms with Gasteiger partial charge in [-0.25, -0.2) is 15.0 Å². The molecule has 0 atom stereocenters. The maximum atomic E-state index is 6.70. The molecule has 5 nitrogen and oxygen atoms in total. The van der Waals surface area contributed by atoms with Crippen molar-refractivity contribution in [3.63, 3.8) is 0 Å². The van der Waals surface area contributed by atoms with Crippen molar-refractivity contribution in [3.05, 3.63) is 188 Å². The van der Waals surface area contributed by atoms with Gasteiger partial charge in [0.15, 0.2) is 23.1 Å². The third-order valence-corrected chi connectivity index (χ3v) is 10.8. The van der Waals surface area contributed by atoms with Crippen LogP contribution in [0.5, 0.6) is 0 Å². The van der Waals surface area contributed by atoms with Gasteiger partial charge < -0.3 is 8.98 Å². The molecule has 0 radical (unpaired) electrons. The molecular formula is C51H34N4O. The molecule has 0 bridgehead atoms. The number of benzene rings is 7. The molecule has 1 aliphatic carbocycles. The average molecular weight is 719 g/mol. The first-order valence-electron chi connectivity index (χ1n) is 19.1. The minimum absolute atomic E-state index is 0.643. The maximum absolute atomic E-state index is 6.70. The molecule has 3 aromatic heterocycles. The molecule has 0 N–H and O–H groups in total. The highest BCUT2D eigenvalue weighted by Crippen LogP contribution is 2.42. The lowest BCUT2D eigenvalue weighted by molar-refractivity contribution is 0.671. The molecule has 3 heterocycles. The molecule has 7 aromatic carbocycles. The van der Waals surface area contributed by atoms with Gasteiger partial charge in [0.2, 0.25) is 0 Å². The SMILES string of the molecule is C1=CC(c2nc(-c3ccccc3)nc(-c3cccc(-c4cc(-c5ccccc5)cc(-n5c6ccccc6c6ccc7c8ccccc8oc7c65)c4)c3)n2)=CCC1. The van der Waals surface area contributed by atoms with Crippen LogP contribution in [0.15, 0.2) is 186 Å². The Balaban J connectivity index is 1.13. The normalized spacial score (nSPS) is 12.9. The number of aromatic nitrogens is 4. The molecule has 264 valence electrons. The minimum atomic E-state index is 0.643. The summed E-state index contributed by atoms with van der Waals surface area (Å²) in [5, 5.41) is 4.56. The van der Waals surface area contributed by atoms with Crippen LogP contribution in [0, 0.1) is 0 Å². The van der Waals surface area contributed by atoms with Crippen LogP contribution in [-0.4, -0.2) is 19.5 Å². The highest BCUT2D eigenvalue weighted by atomic mass is 16.3. The summed E-state index contributed by atoms with van der Waals surface area (Å²) in [4.78, 5) is 15.1. The number of para-hydroxylation sites is 2. The van der Waals surface area contributed by atoms with E-state index in [1.165, 1.54) is 5.39 Å². The number of fused-ring (bicyclic) bond motifs is 7. The number of hydrogen-bond acceptors (Lipinski definition) is 4. The molecule has 0 spiro atoms. The standard InChI is InChI=1S/C51H34N4O/c1-4-15-33(16-5-1)38-30-39(36-21-14-22-37(29-36)51-53-49(34-17-6-2-7-18-34)52-50(54-51)35-19-8-3-9-20-35)32-40(31-38)55-45-25-12-10-23-41(45)43-27-28-44-42-24-11-13-26-46(42)56-48(44)47(43)55/h1-2,4-8,10-32H,3,9H2. The largest absolute Gasteiger partial charge is 0.454 e. The Hall–Kier alpha value is -7.37. The van der Waals surface area contributed by atoms with E-state index in [1.54, 1.807) is 0 Å². The third kappa shape index (κ3) is 5.44. The Kier molecular flexibility index (Phi) is 7.56. The number of rotatable bonds is 6. The van der Waals surface area contributed by atoms with Crippen LogP contribution in [0.3, 0.4) is 0 Å². The fraction of sp³-hybridized carbons (Fsp3) is 0.0392. The maximum Gasteiger partial charge on any atom is 0.164 e. The van der Waals surface area contributed by atoms with Crippen LogP contribution >= 0.6 is 0 Å². The van der Waals surface area contributed by atoms with Crippen LogP contribution in [0.4, 0.5) is 0 Å². The van der Waals surface area contributed by atoms with E-state index in [0.29, 0.717) is 17.5 Å². The van der Waals surface area contributed by atoms with Gasteiger partial charge in [0.05, 0.1) is 11.0 Å². The zero-order valence-corrected chi connectivity index (χ0v) is 30.4. The monoisotopic (exact) mass is 718 g/mol. The predicted octanol–water partition coefficient (Wildman–Crippen LogP) is 13.3. The van der Waals surface area contributed by atoms with Crippen molar-refractivity contribution < 1.29 is 4.42 Å². The van der Waals surface area contributed by atoms with Crippen molar-refractivity contribution in [2.75, 3.05) is 0 Å². The topological polar surface area (TPSA) is 56.7 Å². The van der Waals surface area contributed by atoms with Gasteiger partial charge >= 0.3 is 0 Å². The number of allylic oxidation sites excluding steroid dienone is 4. The Morgan fingerprint density at radius 3 is 1.88 bits per heavy atom. The first-order valence-corrected chi connectivity index (χ1v) is 19.1. The molecule has 10 aromatic rings. The molecule has 11 rings (SSSR count). The molecule has 0 unspecified atom stereocenters. The Labute approximate surface area is 323 Å². The first-order chi connectivity index (χ1) is 27.7. The molecule has 56 heavy (non-hydrogen) atoms. The number of hydrogen-bond donors (Lipinski definition) is 0. The van der Waals surface area contributed by atoms with Gasteiger partial charge in [-0.2, -0.15) is 0 Å². The number of furan rings is 1. The van der Waals surface area contributed by atoms with Crippen molar-refractivity contribution in [2.24, 2.45) is 0 Å². The Morgan fingerprint density at radius 1 is 0.446 bits per heavy atom. The van der Waals surface area contributed by atoms with E-state index in [2.05, 4.69) is 162 Å². The Morgan fingerprint density at radius 2 is 1.07 bits per heavy atom. The van der Waals surface area contributed by atoms with Crippen LogP contribution in [0.2, 0.25) is 0 Å². The third-order valence-electron chi connectivity index (χ3n) is 10.8. The van der Waals surface area contributed by atoms with Crippen molar-refractivity contribution in [1.82, 2.24) is 19.5 Å². The van der Waals surface area contributed by atoms with E-state index in [9.17, 15) is 0 Å². The highest BCUT2D eigenvalue weighted by molar-refractivity contribution is 6.21. The van der Waals surface area contributed by atoms with Crippen LogP contribution < -0.4 is 0 Å². The second kappa shape index (κ2) is 13.2. The fourth-order valence-corrected chi connectivity index (χ4v) is 8.17. The summed E-state index contributed by atoms with van der Waals surface area (Å²) >= 11 is 0. The van der Waals surface area contributed by atoms with Crippen LogP contribution in [-0.2, 0) is 0 Å². The zero-order chi connectivity index (χ0) is 37.0. The van der Waals surface area contributed by atoms with Crippen LogP contribution in [0.1, 0.15) is 18.7 Å². The van der Waals surface area contributed by atoms with Gasteiger partial charge in [-0.3, -0.25) is 0 Å². The summed E-state index contributed by atoms with van der Waals surface area (Å²) in [5.74, 6) is 1.99. The smallest absolute Gasteiger partial charge is 0.164 e. The zero-order valence-electron chi connectivity index (χ0n) is 30.4. The van der Waals surface area contributed by atoms with E-state index in [4.69, 9.17) is 19.4 Å². The summed E-state index contributed by atoms with van der Waals surface area (Å²) < 4.78 is 9.08. The number of nitrogens with zero attached hydrogens (tertiary/aromatic N) is 4. The van der Waals surface area contributed by atoms with Crippen LogP contribution in [0.25, 0.3) is 100 Å². The predicted molar refractivity (Wildman–Crippen MR) is 230 cm³/mol. The fourth-order valence-electron chi connectivity index (χ4n) is 8.17. The molecule has 0 saturated carbocycles. The summed E-state index contributed by atoms with van der Waals surface area (Å²) in [7, 11) is 0. The molecule has 0 saturated heterocycles. The second-order valence-corrected chi connectivity index (χ2v) is 14.3. The molecular weight excluding hydrogens is 685 g/mol. The van der Waals surface area contributed by atoms with Crippen molar-refractivity contribution >= 4 is 49.3 Å². The van der Waals surface area contributed by atoms with Gasteiger partial charge in [-0.05, 0) is 77.6 Å². The van der Waals surface area contributed by atoms with Gasteiger partial charge in [-0.1, -0.05) is 140 Å². The second-order valence-electron chi connectivity index (χ2n) is 14.3. The van der Waals surface area contributed by atoms with Gasteiger partial charge in [-0.15, -0.1) is 0 Å². The highest BCUT2D eigenvalue weighted by Gasteiger charge is 2.20. The van der Waals surface area contributed by atoms with Crippen molar-refractivity contribution in [2.45, 2.75) is 12.8 Å². The lowest BCUT2D eigenvalue weighted by Crippen LogP contribution is -2.03. The minimum Gasteiger partial charge on any atom is -0.454 e. The van der Waals surface area contributed by atoms with Gasteiger partial charge in [0, 0.05) is 43.9 Å². The first kappa shape index (κ1) is 32.1. The van der Waals surface area contributed by atoms with E-state index < -0.39 is 0 Å². The average Bonchev–Trinajstić information content (AvgIpc) is 3.83.